The van der Waals surface area contributed by atoms with Crippen molar-refractivity contribution in [2.75, 3.05) is 12.4 Å². The van der Waals surface area contributed by atoms with Gasteiger partial charge in [0.25, 0.3) is 0 Å². The van der Waals surface area contributed by atoms with Crippen LogP contribution in [-0.2, 0) is 4.74 Å². The number of hydrogen-bond donors (Lipinski definition) is 1. The standard InChI is InChI=1S/C23H25FN2O/c1-17(8-6-5-7-13-27-4)11-12-25-23-19(3)15-21(16-26-23)20-9-10-22(24)18(2)14-20/h5-16H,1-4H3,(H,25,26)/b6-5-,12-11+,13-7+,17-8+. The maximum absolute atomic E-state index is 13.4. The summed E-state index contributed by atoms with van der Waals surface area (Å²) in [6, 6.07) is 7.14. The lowest BCUT2D eigenvalue weighted by Crippen LogP contribution is -1.96. The average Bonchev–Trinajstić information content (AvgIpc) is 2.65. The Morgan fingerprint density at radius 2 is 1.85 bits per heavy atom. The van der Waals surface area contributed by atoms with Gasteiger partial charge >= 0.3 is 0 Å². The molecule has 3 nitrogen and oxygen atoms in total. The number of anilines is 1. The molecule has 2 aromatic rings. The molecule has 0 saturated carbocycles. The lowest BCUT2D eigenvalue weighted by atomic mass is 10.0. The van der Waals surface area contributed by atoms with Crippen LogP contribution in [0.4, 0.5) is 10.2 Å². The minimum Gasteiger partial charge on any atom is -0.504 e. The molecule has 1 N–H and O–H groups in total. The molecule has 0 amide bonds. The van der Waals surface area contributed by atoms with Crippen molar-refractivity contribution in [3.05, 3.63) is 95.8 Å². The van der Waals surface area contributed by atoms with E-state index in [2.05, 4.69) is 10.3 Å². The molecule has 0 radical (unpaired) electrons. The van der Waals surface area contributed by atoms with E-state index in [1.807, 2.05) is 62.6 Å². The molecule has 1 heterocycles. The van der Waals surface area contributed by atoms with E-state index in [1.54, 1.807) is 32.6 Å². The van der Waals surface area contributed by atoms with E-state index in [0.29, 0.717) is 5.56 Å². The first-order chi connectivity index (χ1) is 13.0. The molecule has 0 aliphatic carbocycles. The van der Waals surface area contributed by atoms with Crippen LogP contribution in [0.25, 0.3) is 11.1 Å². The molecular weight excluding hydrogens is 339 g/mol. The van der Waals surface area contributed by atoms with Gasteiger partial charge in [-0.3, -0.25) is 0 Å². The predicted molar refractivity (Wildman–Crippen MR) is 111 cm³/mol. The average molecular weight is 364 g/mol. The van der Waals surface area contributed by atoms with Gasteiger partial charge in [-0.1, -0.05) is 24.3 Å². The largest absolute Gasteiger partial charge is 0.504 e. The number of rotatable bonds is 7. The SMILES string of the molecule is CO/C=C/C=C\C=C(C)\C=C\Nc1ncc(-c2ccc(F)c(C)c2)cc1C. The molecule has 0 unspecified atom stereocenters. The summed E-state index contributed by atoms with van der Waals surface area (Å²) in [5, 5.41) is 3.20. The highest BCUT2D eigenvalue weighted by atomic mass is 19.1. The number of methoxy groups -OCH3 is 1. The van der Waals surface area contributed by atoms with Crippen LogP contribution < -0.4 is 5.32 Å². The van der Waals surface area contributed by atoms with Crippen LogP contribution in [0.1, 0.15) is 18.1 Å². The van der Waals surface area contributed by atoms with E-state index in [9.17, 15) is 4.39 Å². The first-order valence-corrected chi connectivity index (χ1v) is 8.70. The summed E-state index contributed by atoms with van der Waals surface area (Å²) < 4.78 is 18.3. The number of nitrogens with zero attached hydrogens (tertiary/aromatic N) is 1. The zero-order valence-electron chi connectivity index (χ0n) is 16.2. The molecule has 1 aromatic heterocycles. The van der Waals surface area contributed by atoms with Crippen LogP contribution in [0.15, 0.2) is 78.9 Å². The number of halogens is 1. The fourth-order valence-electron chi connectivity index (χ4n) is 2.41. The fraction of sp³-hybridized carbons (Fsp3) is 0.174. The second-order valence-corrected chi connectivity index (χ2v) is 6.19. The Labute approximate surface area is 160 Å². The van der Waals surface area contributed by atoms with Gasteiger partial charge in [-0.15, -0.1) is 0 Å². The third-order valence-corrected chi connectivity index (χ3v) is 3.93. The van der Waals surface area contributed by atoms with Gasteiger partial charge in [-0.2, -0.15) is 0 Å². The molecular formula is C23H25FN2O. The number of benzene rings is 1. The minimum absolute atomic E-state index is 0.195. The van der Waals surface area contributed by atoms with Crippen molar-refractivity contribution in [2.24, 2.45) is 0 Å². The minimum atomic E-state index is -0.195. The maximum Gasteiger partial charge on any atom is 0.132 e. The van der Waals surface area contributed by atoms with Crippen molar-refractivity contribution in [1.82, 2.24) is 4.98 Å². The van der Waals surface area contributed by atoms with Crippen molar-refractivity contribution in [3.8, 4) is 11.1 Å². The number of nitrogens with one attached hydrogen (secondary N) is 1. The van der Waals surface area contributed by atoms with Gasteiger partial charge in [0.1, 0.15) is 11.6 Å². The number of ether oxygens (including phenoxy) is 1. The zero-order valence-corrected chi connectivity index (χ0v) is 16.2. The van der Waals surface area contributed by atoms with Crippen molar-refractivity contribution < 1.29 is 9.13 Å². The maximum atomic E-state index is 13.4. The first-order valence-electron chi connectivity index (χ1n) is 8.70. The fourth-order valence-corrected chi connectivity index (χ4v) is 2.41. The molecule has 0 aliphatic rings. The van der Waals surface area contributed by atoms with Crippen LogP contribution in [0.3, 0.4) is 0 Å². The number of aryl methyl sites for hydroxylation is 2. The molecule has 27 heavy (non-hydrogen) atoms. The second-order valence-electron chi connectivity index (χ2n) is 6.19. The van der Waals surface area contributed by atoms with Crippen molar-refractivity contribution in [3.63, 3.8) is 0 Å². The summed E-state index contributed by atoms with van der Waals surface area (Å²) in [4.78, 5) is 4.49. The molecule has 0 atom stereocenters. The van der Waals surface area contributed by atoms with E-state index >= 15 is 0 Å². The molecule has 2 rings (SSSR count). The smallest absolute Gasteiger partial charge is 0.132 e. The molecule has 4 heteroatoms. The van der Waals surface area contributed by atoms with Gasteiger partial charge < -0.3 is 10.1 Å². The second kappa shape index (κ2) is 10.1. The van der Waals surface area contributed by atoms with Gasteiger partial charge in [-0.05, 0) is 73.4 Å². The van der Waals surface area contributed by atoms with E-state index in [-0.39, 0.29) is 5.82 Å². The predicted octanol–water partition coefficient (Wildman–Crippen LogP) is 6.09. The lowest BCUT2D eigenvalue weighted by molar-refractivity contribution is 0.338. The molecule has 1 aromatic carbocycles. The Bertz CT molecular complexity index is 895. The van der Waals surface area contributed by atoms with Gasteiger partial charge in [0.05, 0.1) is 13.4 Å². The quantitative estimate of drug-likeness (QED) is 0.477. The molecule has 0 aliphatic heterocycles. The molecule has 0 bridgehead atoms. The molecule has 140 valence electrons. The van der Waals surface area contributed by atoms with Crippen molar-refractivity contribution >= 4 is 5.82 Å². The lowest BCUT2D eigenvalue weighted by Gasteiger charge is -2.08. The number of hydrogen-bond acceptors (Lipinski definition) is 3. The van der Waals surface area contributed by atoms with Gasteiger partial charge in [0, 0.05) is 18.0 Å². The zero-order chi connectivity index (χ0) is 19.6. The third kappa shape index (κ3) is 6.26. The van der Waals surface area contributed by atoms with Crippen LogP contribution in [0.2, 0.25) is 0 Å². The molecule has 0 fully saturated rings. The normalized spacial score (nSPS) is 12.4. The topological polar surface area (TPSA) is 34.1 Å². The van der Waals surface area contributed by atoms with E-state index in [0.717, 1.165) is 28.1 Å². The van der Waals surface area contributed by atoms with E-state index < -0.39 is 0 Å². The van der Waals surface area contributed by atoms with Crippen molar-refractivity contribution in [1.29, 1.82) is 0 Å². The summed E-state index contributed by atoms with van der Waals surface area (Å²) >= 11 is 0. The number of allylic oxidation sites excluding steroid dienone is 6. The summed E-state index contributed by atoms with van der Waals surface area (Å²) in [6.45, 7) is 5.78. The summed E-state index contributed by atoms with van der Waals surface area (Å²) in [7, 11) is 1.61. The van der Waals surface area contributed by atoms with Crippen LogP contribution in [0, 0.1) is 19.7 Å². The highest BCUT2D eigenvalue weighted by Gasteiger charge is 2.05. The molecule has 0 spiro atoms. The van der Waals surface area contributed by atoms with Gasteiger partial charge in [0.2, 0.25) is 0 Å². The summed E-state index contributed by atoms with van der Waals surface area (Å²) in [5.74, 6) is 0.597. The highest BCUT2D eigenvalue weighted by Crippen LogP contribution is 2.24. The monoisotopic (exact) mass is 364 g/mol. The van der Waals surface area contributed by atoms with Crippen LogP contribution in [-0.4, -0.2) is 12.1 Å². The van der Waals surface area contributed by atoms with Crippen LogP contribution in [0.5, 0.6) is 0 Å². The number of aromatic nitrogens is 1. The third-order valence-electron chi connectivity index (χ3n) is 3.93. The van der Waals surface area contributed by atoms with E-state index in [1.165, 1.54) is 6.07 Å². The Hall–Kier alpha value is -3.14. The molecule has 0 saturated heterocycles. The highest BCUT2D eigenvalue weighted by molar-refractivity contribution is 5.66. The van der Waals surface area contributed by atoms with Crippen molar-refractivity contribution in [2.45, 2.75) is 20.8 Å². The van der Waals surface area contributed by atoms with E-state index in [4.69, 9.17) is 4.74 Å². The summed E-state index contributed by atoms with van der Waals surface area (Å²) in [5.41, 5.74) is 4.67. The summed E-state index contributed by atoms with van der Waals surface area (Å²) in [6.07, 6.45) is 14.9. The Kier molecular flexibility index (Phi) is 7.56. The Morgan fingerprint density at radius 3 is 2.56 bits per heavy atom. The first kappa shape index (κ1) is 20.2. The number of pyridine rings is 1. The van der Waals surface area contributed by atoms with Gasteiger partial charge in [-0.25, -0.2) is 9.37 Å². The van der Waals surface area contributed by atoms with Gasteiger partial charge in [0.15, 0.2) is 0 Å². The Balaban J connectivity index is 2.03. The Morgan fingerprint density at radius 1 is 1.07 bits per heavy atom. The van der Waals surface area contributed by atoms with Crippen LogP contribution >= 0.6 is 0 Å².